The molecule has 0 amide bonds. The fourth-order valence-electron chi connectivity index (χ4n) is 7.30. The molecule has 0 atom stereocenters. The largest absolute Gasteiger partial charge is 0.455 e. The maximum absolute atomic E-state index is 6.44. The predicted molar refractivity (Wildman–Crippen MR) is 188 cm³/mol. The quantitative estimate of drug-likeness (QED) is 0.224. The molecule has 0 saturated heterocycles. The summed E-state index contributed by atoms with van der Waals surface area (Å²) < 4.78 is 8.83. The van der Waals surface area contributed by atoms with E-state index in [1.165, 1.54) is 49.4 Å². The molecule has 0 bridgehead atoms. The van der Waals surface area contributed by atoms with Crippen molar-refractivity contribution in [2.75, 3.05) is 0 Å². The van der Waals surface area contributed by atoms with Crippen molar-refractivity contribution in [3.05, 3.63) is 152 Å². The third kappa shape index (κ3) is 3.52. The SMILES string of the molecule is c1ccc(-c2cccc(-n3c4ccccc4c4cc(-c5cccc6c5[nH]c5ccc7c8ccccc8oc7c56)ccc43)c2)cc1. The Morgan fingerprint density at radius 3 is 2.16 bits per heavy atom. The number of nitrogens with zero attached hydrogens (tertiary/aromatic N) is 1. The van der Waals surface area contributed by atoms with E-state index in [9.17, 15) is 0 Å². The van der Waals surface area contributed by atoms with Crippen LogP contribution >= 0.6 is 0 Å². The maximum Gasteiger partial charge on any atom is 0.145 e. The molecule has 0 unspecified atom stereocenters. The van der Waals surface area contributed by atoms with Crippen molar-refractivity contribution >= 4 is 65.6 Å². The average Bonchev–Trinajstić information content (AvgIpc) is 3.78. The van der Waals surface area contributed by atoms with E-state index >= 15 is 0 Å². The van der Waals surface area contributed by atoms with E-state index in [1.807, 2.05) is 12.1 Å². The molecule has 0 spiro atoms. The summed E-state index contributed by atoms with van der Waals surface area (Å²) >= 11 is 0. The zero-order valence-corrected chi connectivity index (χ0v) is 24.3. The molecular formula is C42H26N2O. The molecule has 10 aromatic rings. The Morgan fingerprint density at radius 2 is 1.22 bits per heavy atom. The minimum atomic E-state index is 0.918. The molecule has 0 aliphatic heterocycles. The summed E-state index contributed by atoms with van der Waals surface area (Å²) in [5.74, 6) is 0. The van der Waals surface area contributed by atoms with Crippen LogP contribution in [-0.4, -0.2) is 9.55 Å². The van der Waals surface area contributed by atoms with Gasteiger partial charge < -0.3 is 14.0 Å². The van der Waals surface area contributed by atoms with Crippen LogP contribution in [-0.2, 0) is 0 Å². The zero-order valence-electron chi connectivity index (χ0n) is 24.3. The average molecular weight is 575 g/mol. The third-order valence-corrected chi connectivity index (χ3v) is 9.34. The molecule has 10 rings (SSSR count). The van der Waals surface area contributed by atoms with Gasteiger partial charge in [-0.1, -0.05) is 103 Å². The van der Waals surface area contributed by atoms with E-state index in [0.717, 1.165) is 44.0 Å². The molecule has 1 N–H and O–H groups in total. The van der Waals surface area contributed by atoms with Gasteiger partial charge in [0.25, 0.3) is 0 Å². The lowest BCUT2D eigenvalue weighted by atomic mass is 9.99. The second-order valence-corrected chi connectivity index (χ2v) is 11.8. The molecule has 210 valence electrons. The molecule has 0 aliphatic carbocycles. The van der Waals surface area contributed by atoms with Crippen LogP contribution in [0.5, 0.6) is 0 Å². The Kier molecular flexibility index (Phi) is 5.00. The van der Waals surface area contributed by atoms with Gasteiger partial charge in [0.15, 0.2) is 0 Å². The van der Waals surface area contributed by atoms with E-state index in [2.05, 4.69) is 149 Å². The molecule has 3 heterocycles. The number of hydrogen-bond donors (Lipinski definition) is 1. The highest BCUT2D eigenvalue weighted by Crippen LogP contribution is 2.41. The van der Waals surface area contributed by atoms with Gasteiger partial charge in [0.05, 0.1) is 27.5 Å². The van der Waals surface area contributed by atoms with Crippen molar-refractivity contribution < 1.29 is 4.42 Å². The van der Waals surface area contributed by atoms with E-state index in [-0.39, 0.29) is 0 Å². The number of fused-ring (bicyclic) bond motifs is 10. The van der Waals surface area contributed by atoms with Crippen LogP contribution in [0.4, 0.5) is 0 Å². The van der Waals surface area contributed by atoms with Gasteiger partial charge in [-0.25, -0.2) is 0 Å². The highest BCUT2D eigenvalue weighted by atomic mass is 16.3. The number of aromatic nitrogens is 2. The standard InChI is InChI=1S/C42H26N2O/c1-2-10-26(11-3-1)27-12-8-13-29(24-27)44-37-18-6-4-14-31(37)35-25-28(20-23-38(35)44)30-16-9-17-34-40-36(43-41(30)34)22-21-33-32-15-5-7-19-39(32)45-42(33)40/h1-25,43H. The summed E-state index contributed by atoms with van der Waals surface area (Å²) in [6, 6.07) is 54.3. The Hall–Kier alpha value is -6.06. The number of hydrogen-bond acceptors (Lipinski definition) is 1. The molecule has 0 aliphatic rings. The molecule has 3 aromatic heterocycles. The van der Waals surface area contributed by atoms with Gasteiger partial charge in [0, 0.05) is 38.2 Å². The Morgan fingerprint density at radius 1 is 0.467 bits per heavy atom. The van der Waals surface area contributed by atoms with Gasteiger partial charge >= 0.3 is 0 Å². The van der Waals surface area contributed by atoms with E-state index in [1.54, 1.807) is 0 Å². The summed E-state index contributed by atoms with van der Waals surface area (Å²) in [5.41, 5.74) is 12.4. The van der Waals surface area contributed by atoms with Crippen LogP contribution in [0, 0.1) is 0 Å². The first-order chi connectivity index (χ1) is 22.3. The van der Waals surface area contributed by atoms with Crippen molar-refractivity contribution in [2.24, 2.45) is 0 Å². The number of H-pyrrole nitrogens is 1. The fourth-order valence-corrected chi connectivity index (χ4v) is 7.30. The second-order valence-electron chi connectivity index (χ2n) is 11.8. The van der Waals surface area contributed by atoms with Gasteiger partial charge in [-0.3, -0.25) is 0 Å². The van der Waals surface area contributed by atoms with Crippen LogP contribution in [0.15, 0.2) is 156 Å². The summed E-state index contributed by atoms with van der Waals surface area (Å²) in [6.07, 6.45) is 0. The van der Waals surface area contributed by atoms with Crippen LogP contribution in [0.2, 0.25) is 0 Å². The first-order valence-corrected chi connectivity index (χ1v) is 15.4. The predicted octanol–water partition coefficient (Wildman–Crippen LogP) is 11.7. The molecule has 3 heteroatoms. The number of rotatable bonds is 3. The van der Waals surface area contributed by atoms with Crippen LogP contribution in [0.1, 0.15) is 0 Å². The first-order valence-electron chi connectivity index (χ1n) is 15.4. The van der Waals surface area contributed by atoms with Gasteiger partial charge in [0.1, 0.15) is 11.2 Å². The number of benzene rings is 7. The van der Waals surface area contributed by atoms with Gasteiger partial charge in [-0.05, 0) is 65.2 Å². The number of para-hydroxylation sites is 3. The fraction of sp³-hybridized carbons (Fsp3) is 0. The molecule has 7 aromatic carbocycles. The lowest BCUT2D eigenvalue weighted by Crippen LogP contribution is -1.94. The molecule has 0 fully saturated rings. The molecule has 3 nitrogen and oxygen atoms in total. The van der Waals surface area contributed by atoms with Gasteiger partial charge in [0.2, 0.25) is 0 Å². The molecule has 45 heavy (non-hydrogen) atoms. The summed E-state index contributed by atoms with van der Waals surface area (Å²) in [5, 5.41) is 7.09. The van der Waals surface area contributed by atoms with E-state index in [0.29, 0.717) is 0 Å². The Balaban J connectivity index is 1.19. The first kappa shape index (κ1) is 24.4. The minimum absolute atomic E-state index is 0.918. The maximum atomic E-state index is 6.44. The smallest absolute Gasteiger partial charge is 0.145 e. The highest BCUT2D eigenvalue weighted by molar-refractivity contribution is 6.24. The van der Waals surface area contributed by atoms with Crippen molar-refractivity contribution in [3.8, 4) is 27.9 Å². The minimum Gasteiger partial charge on any atom is -0.455 e. The third-order valence-electron chi connectivity index (χ3n) is 9.34. The van der Waals surface area contributed by atoms with E-state index < -0.39 is 0 Å². The van der Waals surface area contributed by atoms with Crippen LogP contribution < -0.4 is 0 Å². The molecule has 0 saturated carbocycles. The summed E-state index contributed by atoms with van der Waals surface area (Å²) in [6.45, 7) is 0. The van der Waals surface area contributed by atoms with Crippen molar-refractivity contribution in [2.45, 2.75) is 0 Å². The van der Waals surface area contributed by atoms with Crippen molar-refractivity contribution in [1.29, 1.82) is 0 Å². The Labute approximate surface area is 258 Å². The normalized spacial score (nSPS) is 12.0. The monoisotopic (exact) mass is 574 g/mol. The zero-order chi connectivity index (χ0) is 29.5. The van der Waals surface area contributed by atoms with Gasteiger partial charge in [-0.15, -0.1) is 0 Å². The van der Waals surface area contributed by atoms with Crippen LogP contribution in [0.25, 0.3) is 93.5 Å². The highest BCUT2D eigenvalue weighted by Gasteiger charge is 2.18. The number of aromatic amines is 1. The van der Waals surface area contributed by atoms with Crippen molar-refractivity contribution in [1.82, 2.24) is 9.55 Å². The lowest BCUT2D eigenvalue weighted by Gasteiger charge is -2.11. The van der Waals surface area contributed by atoms with Crippen LogP contribution in [0.3, 0.4) is 0 Å². The second kappa shape index (κ2) is 9.22. The topological polar surface area (TPSA) is 33.9 Å². The Bertz CT molecular complexity index is 2760. The summed E-state index contributed by atoms with van der Waals surface area (Å²) in [4.78, 5) is 3.75. The lowest BCUT2D eigenvalue weighted by molar-refractivity contribution is 0.673. The van der Waals surface area contributed by atoms with Crippen molar-refractivity contribution in [3.63, 3.8) is 0 Å². The molecule has 0 radical (unpaired) electrons. The summed E-state index contributed by atoms with van der Waals surface area (Å²) in [7, 11) is 0. The van der Waals surface area contributed by atoms with Gasteiger partial charge in [-0.2, -0.15) is 0 Å². The number of furan rings is 1. The molecular weight excluding hydrogens is 548 g/mol. The number of nitrogens with one attached hydrogen (secondary N) is 1. The van der Waals surface area contributed by atoms with E-state index in [4.69, 9.17) is 4.42 Å².